The fourth-order valence-corrected chi connectivity index (χ4v) is 3.34. The van der Waals surface area contributed by atoms with Crippen molar-refractivity contribution in [2.75, 3.05) is 13.1 Å². The Kier molecular flexibility index (Phi) is 4.82. The maximum atomic E-state index is 6.19. The van der Waals surface area contributed by atoms with E-state index in [9.17, 15) is 0 Å². The number of aromatic nitrogens is 1. The van der Waals surface area contributed by atoms with Gasteiger partial charge in [-0.25, -0.2) is 0 Å². The Morgan fingerprint density at radius 1 is 1.20 bits per heavy atom. The lowest BCUT2D eigenvalue weighted by Gasteiger charge is -2.49. The number of nitrogens with two attached hydrogens (primary N) is 1. The summed E-state index contributed by atoms with van der Waals surface area (Å²) in [7, 11) is 0. The highest BCUT2D eigenvalue weighted by molar-refractivity contribution is 5.06. The van der Waals surface area contributed by atoms with Gasteiger partial charge in [-0.2, -0.15) is 0 Å². The van der Waals surface area contributed by atoms with E-state index in [1.165, 1.54) is 25.7 Å². The van der Waals surface area contributed by atoms with Crippen molar-refractivity contribution >= 4 is 0 Å². The van der Waals surface area contributed by atoms with Gasteiger partial charge in [0, 0.05) is 24.8 Å². The second kappa shape index (κ2) is 6.23. The van der Waals surface area contributed by atoms with Crippen molar-refractivity contribution in [3.8, 4) is 0 Å². The van der Waals surface area contributed by atoms with Crippen LogP contribution in [0.15, 0.2) is 24.4 Å². The maximum Gasteiger partial charge on any atom is 0.0544 e. The van der Waals surface area contributed by atoms with Gasteiger partial charge in [-0.05, 0) is 49.8 Å². The molecule has 3 heteroatoms. The summed E-state index contributed by atoms with van der Waals surface area (Å²) in [6.07, 6.45) is 6.82. The van der Waals surface area contributed by atoms with Gasteiger partial charge in [0.25, 0.3) is 0 Å². The second-order valence-corrected chi connectivity index (χ2v) is 6.93. The van der Waals surface area contributed by atoms with E-state index in [0.29, 0.717) is 5.41 Å². The summed E-state index contributed by atoms with van der Waals surface area (Å²) < 4.78 is 0. The number of hydrogen-bond donors (Lipinski definition) is 1. The van der Waals surface area contributed by atoms with Crippen molar-refractivity contribution in [2.24, 2.45) is 11.1 Å². The summed E-state index contributed by atoms with van der Waals surface area (Å²) in [5.41, 5.74) is 7.98. The van der Waals surface area contributed by atoms with E-state index in [2.05, 4.69) is 42.8 Å². The Morgan fingerprint density at radius 3 is 2.40 bits per heavy atom. The van der Waals surface area contributed by atoms with Gasteiger partial charge in [-0.1, -0.05) is 26.8 Å². The molecule has 1 aromatic rings. The fraction of sp³-hybridized carbons (Fsp3) is 0.706. The normalized spacial score (nSPS) is 21.1. The Morgan fingerprint density at radius 2 is 1.90 bits per heavy atom. The zero-order chi connectivity index (χ0) is 14.6. The van der Waals surface area contributed by atoms with E-state index in [4.69, 9.17) is 5.73 Å². The van der Waals surface area contributed by atoms with Crippen LogP contribution in [0, 0.1) is 5.41 Å². The summed E-state index contributed by atoms with van der Waals surface area (Å²) in [4.78, 5) is 7.02. The molecule has 1 aliphatic carbocycles. The van der Waals surface area contributed by atoms with E-state index < -0.39 is 0 Å². The lowest BCUT2D eigenvalue weighted by Crippen LogP contribution is -2.56. The molecule has 112 valence electrons. The van der Waals surface area contributed by atoms with E-state index in [0.717, 1.165) is 25.3 Å². The van der Waals surface area contributed by atoms with Crippen LogP contribution in [-0.4, -0.2) is 28.5 Å². The van der Waals surface area contributed by atoms with Gasteiger partial charge in [0.1, 0.15) is 0 Å². The van der Waals surface area contributed by atoms with Crippen molar-refractivity contribution in [3.63, 3.8) is 0 Å². The molecule has 20 heavy (non-hydrogen) atoms. The van der Waals surface area contributed by atoms with Crippen molar-refractivity contribution < 1.29 is 0 Å². The van der Waals surface area contributed by atoms with Crippen LogP contribution in [0.25, 0.3) is 0 Å². The SMILES string of the molecule is CCN(Cc1ccccn1)C1(CN)CCC(C)(C)CC1. The third-order valence-electron chi connectivity index (χ3n) is 5.05. The van der Waals surface area contributed by atoms with Gasteiger partial charge < -0.3 is 5.73 Å². The van der Waals surface area contributed by atoms with Crippen molar-refractivity contribution in [3.05, 3.63) is 30.1 Å². The lowest BCUT2D eigenvalue weighted by molar-refractivity contribution is 0.0199. The Labute approximate surface area is 123 Å². The molecule has 0 bridgehead atoms. The third kappa shape index (κ3) is 3.39. The van der Waals surface area contributed by atoms with E-state index in [-0.39, 0.29) is 5.54 Å². The van der Waals surface area contributed by atoms with Gasteiger partial charge in [0.2, 0.25) is 0 Å². The predicted octanol–water partition coefficient (Wildman–Crippen LogP) is 3.20. The van der Waals surface area contributed by atoms with Gasteiger partial charge in [-0.3, -0.25) is 9.88 Å². The van der Waals surface area contributed by atoms with Crippen molar-refractivity contribution in [2.45, 2.75) is 58.5 Å². The van der Waals surface area contributed by atoms with Crippen LogP contribution in [0.3, 0.4) is 0 Å². The van der Waals surface area contributed by atoms with E-state index in [1.54, 1.807) is 0 Å². The fourth-order valence-electron chi connectivity index (χ4n) is 3.34. The topological polar surface area (TPSA) is 42.2 Å². The predicted molar refractivity (Wildman–Crippen MR) is 84.4 cm³/mol. The first-order valence-electron chi connectivity index (χ1n) is 7.86. The number of nitrogens with zero attached hydrogens (tertiary/aromatic N) is 2. The first-order valence-corrected chi connectivity index (χ1v) is 7.86. The summed E-state index contributed by atoms with van der Waals surface area (Å²) >= 11 is 0. The van der Waals surface area contributed by atoms with E-state index >= 15 is 0 Å². The van der Waals surface area contributed by atoms with Crippen LogP contribution in [0.5, 0.6) is 0 Å². The second-order valence-electron chi connectivity index (χ2n) is 6.93. The minimum atomic E-state index is 0.168. The average molecular weight is 275 g/mol. The van der Waals surface area contributed by atoms with E-state index in [1.807, 2.05) is 12.3 Å². The number of likely N-dealkylation sites (N-methyl/N-ethyl adjacent to an activating group) is 1. The smallest absolute Gasteiger partial charge is 0.0544 e. The van der Waals surface area contributed by atoms with Crippen molar-refractivity contribution in [1.82, 2.24) is 9.88 Å². The minimum absolute atomic E-state index is 0.168. The van der Waals surface area contributed by atoms with Crippen LogP contribution in [0.2, 0.25) is 0 Å². The largest absolute Gasteiger partial charge is 0.329 e. The van der Waals surface area contributed by atoms with Gasteiger partial charge >= 0.3 is 0 Å². The standard InChI is InChI=1S/C17H29N3/c1-4-20(13-15-7-5-6-12-19-15)17(14-18)10-8-16(2,3)9-11-17/h5-7,12H,4,8-11,13-14,18H2,1-3H3. The molecule has 1 aliphatic rings. The average Bonchev–Trinajstić information content (AvgIpc) is 2.47. The van der Waals surface area contributed by atoms with Crippen LogP contribution in [0.1, 0.15) is 52.1 Å². The highest BCUT2D eigenvalue weighted by Crippen LogP contribution is 2.42. The lowest BCUT2D eigenvalue weighted by atomic mass is 9.68. The van der Waals surface area contributed by atoms with Gasteiger partial charge in [0.05, 0.1) is 5.69 Å². The third-order valence-corrected chi connectivity index (χ3v) is 5.05. The molecule has 0 aliphatic heterocycles. The molecule has 0 spiro atoms. The summed E-state index contributed by atoms with van der Waals surface area (Å²) in [5.74, 6) is 0. The minimum Gasteiger partial charge on any atom is -0.329 e. The van der Waals surface area contributed by atoms with Crippen LogP contribution in [0.4, 0.5) is 0 Å². The Hall–Kier alpha value is -0.930. The molecule has 1 saturated carbocycles. The Balaban J connectivity index is 2.12. The van der Waals surface area contributed by atoms with Crippen molar-refractivity contribution in [1.29, 1.82) is 0 Å². The molecule has 0 amide bonds. The molecule has 0 saturated heterocycles. The summed E-state index contributed by atoms with van der Waals surface area (Å²) in [6.45, 7) is 9.69. The quantitative estimate of drug-likeness (QED) is 0.897. The van der Waals surface area contributed by atoms with Gasteiger partial charge in [0.15, 0.2) is 0 Å². The molecule has 1 heterocycles. The molecule has 0 unspecified atom stereocenters. The molecule has 0 radical (unpaired) electrons. The van der Waals surface area contributed by atoms with Gasteiger partial charge in [-0.15, -0.1) is 0 Å². The van der Waals surface area contributed by atoms with Crippen LogP contribution < -0.4 is 5.73 Å². The molecular formula is C17H29N3. The summed E-state index contributed by atoms with van der Waals surface area (Å²) in [6, 6.07) is 6.15. The van der Waals surface area contributed by atoms with Crippen LogP contribution in [-0.2, 0) is 6.54 Å². The number of hydrogen-bond acceptors (Lipinski definition) is 3. The maximum absolute atomic E-state index is 6.19. The Bertz CT molecular complexity index is 404. The molecule has 1 aromatic heterocycles. The zero-order valence-corrected chi connectivity index (χ0v) is 13.2. The highest BCUT2D eigenvalue weighted by Gasteiger charge is 2.41. The molecule has 2 N–H and O–H groups in total. The summed E-state index contributed by atoms with van der Waals surface area (Å²) in [5, 5.41) is 0. The first-order chi connectivity index (χ1) is 9.51. The molecule has 2 rings (SSSR count). The monoisotopic (exact) mass is 275 g/mol. The van der Waals surface area contributed by atoms with Crippen LogP contribution >= 0.6 is 0 Å². The zero-order valence-electron chi connectivity index (χ0n) is 13.2. The first kappa shape index (κ1) is 15.5. The molecule has 1 fully saturated rings. The molecule has 3 nitrogen and oxygen atoms in total. The number of pyridine rings is 1. The highest BCUT2D eigenvalue weighted by atomic mass is 15.2. The molecular weight excluding hydrogens is 246 g/mol. The molecule has 0 atom stereocenters. The molecule has 0 aromatic carbocycles. The number of rotatable bonds is 5.